The number of hydrogen-bond acceptors (Lipinski definition) is 3. The van der Waals surface area contributed by atoms with Crippen molar-refractivity contribution in [3.8, 4) is 17.1 Å². The van der Waals surface area contributed by atoms with Crippen LogP contribution in [0.1, 0.15) is 96.5 Å². The van der Waals surface area contributed by atoms with E-state index in [0.717, 1.165) is 36.6 Å². The Hall–Kier alpha value is -1.90. The standard InChI is InChI=1S/C26H40N2O/c1-3-5-7-9-10-11-12-13-17-23-21-27-26(28-22-23)24-18-14-15-19-25(24)29-20-16-8-6-4-2/h14-15,18-19,21-22H,3-13,16-17,20H2,1-2H3. The molecule has 1 aromatic heterocycles. The maximum Gasteiger partial charge on any atom is 0.162 e. The second-order valence-corrected chi connectivity index (χ2v) is 8.05. The van der Waals surface area contributed by atoms with Gasteiger partial charge in [-0.2, -0.15) is 0 Å². The van der Waals surface area contributed by atoms with Gasteiger partial charge in [-0.05, 0) is 37.0 Å². The van der Waals surface area contributed by atoms with E-state index >= 15 is 0 Å². The monoisotopic (exact) mass is 396 g/mol. The van der Waals surface area contributed by atoms with Crippen LogP contribution < -0.4 is 4.74 Å². The molecule has 0 saturated heterocycles. The van der Waals surface area contributed by atoms with Gasteiger partial charge in [0, 0.05) is 12.4 Å². The van der Waals surface area contributed by atoms with Crippen LogP contribution in [0.5, 0.6) is 5.75 Å². The molecule has 3 heteroatoms. The predicted octanol–water partition coefficient (Wildman–Crippen LogP) is 7.79. The number of ether oxygens (including phenoxy) is 1. The molecule has 0 atom stereocenters. The lowest BCUT2D eigenvalue weighted by molar-refractivity contribution is 0.306. The number of rotatable bonds is 16. The molecule has 0 bridgehead atoms. The maximum absolute atomic E-state index is 6.02. The molecule has 0 aliphatic carbocycles. The van der Waals surface area contributed by atoms with E-state index in [-0.39, 0.29) is 0 Å². The Morgan fingerprint density at radius 3 is 1.97 bits per heavy atom. The maximum atomic E-state index is 6.02. The molecule has 0 aliphatic rings. The van der Waals surface area contributed by atoms with Gasteiger partial charge in [0.2, 0.25) is 0 Å². The van der Waals surface area contributed by atoms with Crippen LogP contribution in [-0.2, 0) is 6.42 Å². The molecule has 0 N–H and O–H groups in total. The minimum Gasteiger partial charge on any atom is -0.493 e. The second-order valence-electron chi connectivity index (χ2n) is 8.05. The molecule has 160 valence electrons. The van der Waals surface area contributed by atoms with Crippen LogP contribution in [0.3, 0.4) is 0 Å². The van der Waals surface area contributed by atoms with E-state index in [1.807, 2.05) is 30.6 Å². The summed E-state index contributed by atoms with van der Waals surface area (Å²) in [6.45, 7) is 5.26. The number of aryl methyl sites for hydroxylation is 1. The highest BCUT2D eigenvalue weighted by atomic mass is 16.5. The lowest BCUT2D eigenvalue weighted by Crippen LogP contribution is -2.00. The number of hydrogen-bond donors (Lipinski definition) is 0. The summed E-state index contributed by atoms with van der Waals surface area (Å²) in [5.74, 6) is 1.65. The van der Waals surface area contributed by atoms with E-state index in [2.05, 4.69) is 29.9 Å². The third-order valence-corrected chi connectivity index (χ3v) is 5.41. The van der Waals surface area contributed by atoms with Crippen molar-refractivity contribution in [2.24, 2.45) is 0 Å². The van der Waals surface area contributed by atoms with Gasteiger partial charge in [0.1, 0.15) is 5.75 Å². The Morgan fingerprint density at radius 1 is 0.690 bits per heavy atom. The average molecular weight is 397 g/mol. The summed E-state index contributed by atoms with van der Waals surface area (Å²) in [6, 6.07) is 8.11. The number of unbranched alkanes of at least 4 members (excludes halogenated alkanes) is 10. The summed E-state index contributed by atoms with van der Waals surface area (Å²) in [7, 11) is 0. The van der Waals surface area contributed by atoms with E-state index in [1.54, 1.807) is 0 Å². The molecule has 0 spiro atoms. The summed E-state index contributed by atoms with van der Waals surface area (Å²) < 4.78 is 6.02. The average Bonchev–Trinajstić information content (AvgIpc) is 2.76. The highest BCUT2D eigenvalue weighted by Crippen LogP contribution is 2.27. The lowest BCUT2D eigenvalue weighted by Gasteiger charge is -2.11. The zero-order valence-electron chi connectivity index (χ0n) is 18.7. The van der Waals surface area contributed by atoms with Crippen molar-refractivity contribution in [3.63, 3.8) is 0 Å². The van der Waals surface area contributed by atoms with E-state index < -0.39 is 0 Å². The van der Waals surface area contributed by atoms with Gasteiger partial charge in [-0.1, -0.05) is 90.2 Å². The Kier molecular flexibility index (Phi) is 12.1. The molecule has 0 saturated carbocycles. The first-order valence-electron chi connectivity index (χ1n) is 11.9. The molecule has 0 aliphatic heterocycles. The Bertz CT molecular complexity index is 654. The van der Waals surface area contributed by atoms with Crippen molar-refractivity contribution in [1.29, 1.82) is 0 Å². The van der Waals surface area contributed by atoms with Crippen molar-refractivity contribution in [2.45, 2.75) is 97.3 Å². The van der Waals surface area contributed by atoms with Gasteiger partial charge in [-0.15, -0.1) is 0 Å². The van der Waals surface area contributed by atoms with Crippen LogP contribution in [0, 0.1) is 0 Å². The van der Waals surface area contributed by atoms with E-state index in [1.165, 1.54) is 76.2 Å². The van der Waals surface area contributed by atoms with E-state index in [0.29, 0.717) is 0 Å². The van der Waals surface area contributed by atoms with Crippen molar-refractivity contribution < 1.29 is 4.74 Å². The van der Waals surface area contributed by atoms with Gasteiger partial charge in [0.25, 0.3) is 0 Å². The molecule has 0 unspecified atom stereocenters. The number of aromatic nitrogens is 2. The predicted molar refractivity (Wildman–Crippen MR) is 123 cm³/mol. The summed E-state index contributed by atoms with van der Waals surface area (Å²) in [6.07, 6.45) is 20.7. The molecule has 29 heavy (non-hydrogen) atoms. The third-order valence-electron chi connectivity index (χ3n) is 5.41. The van der Waals surface area contributed by atoms with Crippen LogP contribution >= 0.6 is 0 Å². The van der Waals surface area contributed by atoms with Crippen molar-refractivity contribution in [2.75, 3.05) is 6.61 Å². The summed E-state index contributed by atoms with van der Waals surface area (Å²) >= 11 is 0. The van der Waals surface area contributed by atoms with Crippen LogP contribution in [0.2, 0.25) is 0 Å². The zero-order valence-corrected chi connectivity index (χ0v) is 18.7. The molecule has 3 nitrogen and oxygen atoms in total. The number of para-hydroxylation sites is 1. The van der Waals surface area contributed by atoms with Crippen LogP contribution in [0.4, 0.5) is 0 Å². The lowest BCUT2D eigenvalue weighted by atomic mass is 10.1. The van der Waals surface area contributed by atoms with Gasteiger partial charge in [-0.25, -0.2) is 9.97 Å². The highest BCUT2D eigenvalue weighted by molar-refractivity contribution is 5.63. The first-order valence-corrected chi connectivity index (χ1v) is 11.9. The fourth-order valence-corrected chi connectivity index (χ4v) is 3.57. The molecule has 2 rings (SSSR count). The zero-order chi connectivity index (χ0) is 20.6. The van der Waals surface area contributed by atoms with Gasteiger partial charge in [0.05, 0.1) is 12.2 Å². The van der Waals surface area contributed by atoms with Gasteiger partial charge in [-0.3, -0.25) is 0 Å². The summed E-state index contributed by atoms with van der Waals surface area (Å²) in [5.41, 5.74) is 2.22. The minimum absolute atomic E-state index is 0.757. The molecule has 0 radical (unpaired) electrons. The van der Waals surface area contributed by atoms with Gasteiger partial charge in [0.15, 0.2) is 5.82 Å². The first kappa shape index (κ1) is 23.4. The van der Waals surface area contributed by atoms with E-state index in [4.69, 9.17) is 4.74 Å². The van der Waals surface area contributed by atoms with E-state index in [9.17, 15) is 0 Å². The fourth-order valence-electron chi connectivity index (χ4n) is 3.57. The molecule has 0 fully saturated rings. The molecule has 0 amide bonds. The Balaban J connectivity index is 1.76. The Morgan fingerprint density at radius 2 is 1.28 bits per heavy atom. The Labute approximate surface area is 178 Å². The van der Waals surface area contributed by atoms with Crippen LogP contribution in [-0.4, -0.2) is 16.6 Å². The molecule has 1 heterocycles. The van der Waals surface area contributed by atoms with Crippen molar-refractivity contribution in [1.82, 2.24) is 9.97 Å². The van der Waals surface area contributed by atoms with Gasteiger partial charge < -0.3 is 4.74 Å². The SMILES string of the molecule is CCCCCCCCCCc1cnc(-c2ccccc2OCCCCCC)nc1. The smallest absolute Gasteiger partial charge is 0.162 e. The fraction of sp³-hybridized carbons (Fsp3) is 0.615. The minimum atomic E-state index is 0.757. The second kappa shape index (κ2) is 15.0. The first-order chi connectivity index (χ1) is 14.3. The van der Waals surface area contributed by atoms with Gasteiger partial charge >= 0.3 is 0 Å². The van der Waals surface area contributed by atoms with Crippen molar-refractivity contribution in [3.05, 3.63) is 42.2 Å². The molecular weight excluding hydrogens is 356 g/mol. The topological polar surface area (TPSA) is 35.0 Å². The summed E-state index contributed by atoms with van der Waals surface area (Å²) in [4.78, 5) is 9.25. The highest BCUT2D eigenvalue weighted by Gasteiger charge is 2.08. The molecule has 1 aromatic carbocycles. The van der Waals surface area contributed by atoms with Crippen molar-refractivity contribution >= 4 is 0 Å². The quantitative estimate of drug-likeness (QED) is 0.272. The third kappa shape index (κ3) is 9.43. The van der Waals surface area contributed by atoms with Crippen LogP contribution in [0.15, 0.2) is 36.7 Å². The van der Waals surface area contributed by atoms with Crippen LogP contribution in [0.25, 0.3) is 11.4 Å². The molecular formula is C26H40N2O. The number of nitrogens with zero attached hydrogens (tertiary/aromatic N) is 2. The largest absolute Gasteiger partial charge is 0.493 e. The number of benzene rings is 1. The normalized spacial score (nSPS) is 11.0. The molecule has 2 aromatic rings. The summed E-state index contributed by atoms with van der Waals surface area (Å²) in [5, 5.41) is 0.